The van der Waals surface area contributed by atoms with Crippen molar-refractivity contribution in [1.29, 1.82) is 0 Å². The molecule has 1 aromatic carbocycles. The fraction of sp³-hybridized carbons (Fsp3) is 0.556. The Balaban J connectivity index is 1.82. The van der Waals surface area contributed by atoms with Crippen LogP contribution in [0.25, 0.3) is 11.0 Å². The van der Waals surface area contributed by atoms with Crippen LogP contribution < -0.4 is 5.32 Å². The number of nitrogens with zero attached hydrogens (tertiary/aromatic N) is 1. The van der Waals surface area contributed by atoms with E-state index in [4.69, 9.17) is 4.42 Å². The minimum absolute atomic E-state index is 0.780. The topological polar surface area (TPSA) is 28.4 Å². The van der Waals surface area contributed by atoms with Crippen molar-refractivity contribution >= 4 is 11.0 Å². The Labute approximate surface area is 127 Å². The van der Waals surface area contributed by atoms with E-state index in [2.05, 4.69) is 42.3 Å². The Hall–Kier alpha value is -1.32. The maximum atomic E-state index is 6.13. The Morgan fingerprint density at radius 1 is 1.33 bits per heavy atom. The summed E-state index contributed by atoms with van der Waals surface area (Å²) in [5, 5.41) is 4.53. The van der Waals surface area contributed by atoms with Gasteiger partial charge in [-0.05, 0) is 37.9 Å². The number of para-hydroxylation sites is 1. The van der Waals surface area contributed by atoms with Crippen molar-refractivity contribution in [2.75, 3.05) is 20.1 Å². The van der Waals surface area contributed by atoms with Crippen LogP contribution in [-0.4, -0.2) is 25.0 Å². The Morgan fingerprint density at radius 2 is 2.14 bits per heavy atom. The summed E-state index contributed by atoms with van der Waals surface area (Å²) in [6.45, 7) is 8.87. The highest BCUT2D eigenvalue weighted by atomic mass is 16.3. The Bertz CT molecular complexity index is 602. The second-order valence-electron chi connectivity index (χ2n) is 6.56. The number of hydrogen-bond acceptors (Lipinski definition) is 3. The van der Waals surface area contributed by atoms with Crippen LogP contribution in [-0.2, 0) is 13.1 Å². The zero-order valence-corrected chi connectivity index (χ0v) is 13.4. The van der Waals surface area contributed by atoms with Gasteiger partial charge in [0.1, 0.15) is 11.3 Å². The quantitative estimate of drug-likeness (QED) is 0.910. The van der Waals surface area contributed by atoms with E-state index in [0.29, 0.717) is 0 Å². The highest BCUT2D eigenvalue weighted by Crippen LogP contribution is 2.30. The molecule has 0 saturated carbocycles. The summed E-state index contributed by atoms with van der Waals surface area (Å²) in [5.74, 6) is 2.75. The summed E-state index contributed by atoms with van der Waals surface area (Å²) in [5.41, 5.74) is 2.33. The molecule has 21 heavy (non-hydrogen) atoms. The monoisotopic (exact) mass is 286 g/mol. The summed E-state index contributed by atoms with van der Waals surface area (Å²) in [6, 6.07) is 8.36. The minimum Gasteiger partial charge on any atom is -0.459 e. The van der Waals surface area contributed by atoms with Crippen molar-refractivity contribution in [2.24, 2.45) is 11.8 Å². The average molecular weight is 286 g/mol. The molecule has 1 fully saturated rings. The predicted molar refractivity (Wildman–Crippen MR) is 87.2 cm³/mol. The van der Waals surface area contributed by atoms with Gasteiger partial charge in [0.2, 0.25) is 0 Å². The smallest absolute Gasteiger partial charge is 0.134 e. The molecule has 1 aliphatic heterocycles. The van der Waals surface area contributed by atoms with Crippen molar-refractivity contribution in [2.45, 2.75) is 33.4 Å². The summed E-state index contributed by atoms with van der Waals surface area (Å²) in [6.07, 6.45) is 1.32. The molecule has 0 aliphatic carbocycles. The van der Waals surface area contributed by atoms with Crippen LogP contribution in [0, 0.1) is 11.8 Å². The first-order chi connectivity index (χ1) is 10.2. The molecular formula is C18H26N2O. The maximum absolute atomic E-state index is 6.13. The number of likely N-dealkylation sites (tertiary alicyclic amines) is 1. The van der Waals surface area contributed by atoms with Gasteiger partial charge in [-0.15, -0.1) is 0 Å². The fourth-order valence-electron chi connectivity index (χ4n) is 3.40. The van der Waals surface area contributed by atoms with Gasteiger partial charge in [0.25, 0.3) is 0 Å². The van der Waals surface area contributed by atoms with Crippen LogP contribution in [0.5, 0.6) is 0 Å². The molecule has 1 saturated heterocycles. The number of rotatable bonds is 5. The molecular weight excluding hydrogens is 260 g/mol. The van der Waals surface area contributed by atoms with Gasteiger partial charge < -0.3 is 9.73 Å². The van der Waals surface area contributed by atoms with Gasteiger partial charge in [0.05, 0.1) is 6.54 Å². The second-order valence-corrected chi connectivity index (χ2v) is 6.56. The largest absolute Gasteiger partial charge is 0.459 e. The first-order valence-electron chi connectivity index (χ1n) is 8.05. The van der Waals surface area contributed by atoms with Gasteiger partial charge in [-0.1, -0.05) is 32.0 Å². The van der Waals surface area contributed by atoms with Crippen molar-refractivity contribution in [3.05, 3.63) is 35.6 Å². The van der Waals surface area contributed by atoms with Gasteiger partial charge >= 0.3 is 0 Å². The zero-order valence-electron chi connectivity index (χ0n) is 13.4. The van der Waals surface area contributed by atoms with E-state index in [9.17, 15) is 0 Å². The van der Waals surface area contributed by atoms with Crippen LogP contribution in [0.1, 0.15) is 31.6 Å². The number of hydrogen-bond donors (Lipinski definition) is 1. The molecule has 2 heterocycles. The normalized spacial score (nSPS) is 19.9. The van der Waals surface area contributed by atoms with Crippen LogP contribution in [0.15, 0.2) is 28.7 Å². The summed E-state index contributed by atoms with van der Waals surface area (Å²) in [7, 11) is 2.00. The molecule has 3 rings (SSSR count). The minimum atomic E-state index is 0.780. The molecule has 2 aromatic rings. The van der Waals surface area contributed by atoms with E-state index in [1.165, 1.54) is 30.5 Å². The third kappa shape index (κ3) is 2.99. The van der Waals surface area contributed by atoms with E-state index in [0.717, 1.165) is 36.3 Å². The molecule has 0 radical (unpaired) electrons. The van der Waals surface area contributed by atoms with Crippen molar-refractivity contribution in [3.63, 3.8) is 0 Å². The molecule has 1 aliphatic rings. The molecule has 1 atom stereocenters. The van der Waals surface area contributed by atoms with Gasteiger partial charge in [-0.25, -0.2) is 0 Å². The highest BCUT2D eigenvalue weighted by molar-refractivity contribution is 5.82. The lowest BCUT2D eigenvalue weighted by Gasteiger charge is -2.17. The van der Waals surface area contributed by atoms with Crippen molar-refractivity contribution in [1.82, 2.24) is 10.2 Å². The SMILES string of the molecule is CNCc1c(CN2CCC(C(C)C)C2)oc2ccccc12. The number of furan rings is 1. The van der Waals surface area contributed by atoms with E-state index in [1.807, 2.05) is 13.1 Å². The van der Waals surface area contributed by atoms with Crippen LogP contribution in [0.3, 0.4) is 0 Å². The van der Waals surface area contributed by atoms with E-state index >= 15 is 0 Å². The molecule has 3 heteroatoms. The number of nitrogens with one attached hydrogen (secondary N) is 1. The Kier molecular flexibility index (Phi) is 4.32. The maximum Gasteiger partial charge on any atom is 0.134 e. The van der Waals surface area contributed by atoms with Crippen molar-refractivity contribution in [3.8, 4) is 0 Å². The molecule has 0 bridgehead atoms. The third-order valence-corrected chi connectivity index (χ3v) is 4.75. The predicted octanol–water partition coefficient (Wildman–Crippen LogP) is 3.63. The third-order valence-electron chi connectivity index (χ3n) is 4.75. The molecule has 1 unspecified atom stereocenters. The molecule has 0 amide bonds. The van der Waals surface area contributed by atoms with Crippen molar-refractivity contribution < 1.29 is 4.42 Å². The highest BCUT2D eigenvalue weighted by Gasteiger charge is 2.26. The fourth-order valence-corrected chi connectivity index (χ4v) is 3.40. The first kappa shape index (κ1) is 14.6. The Morgan fingerprint density at radius 3 is 2.86 bits per heavy atom. The van der Waals surface area contributed by atoms with Gasteiger partial charge in [-0.3, -0.25) is 4.90 Å². The number of benzene rings is 1. The summed E-state index contributed by atoms with van der Waals surface area (Å²) in [4.78, 5) is 2.54. The molecule has 1 aromatic heterocycles. The van der Waals surface area contributed by atoms with Gasteiger partial charge in [0, 0.05) is 24.0 Å². The van der Waals surface area contributed by atoms with Gasteiger partial charge in [0.15, 0.2) is 0 Å². The van der Waals surface area contributed by atoms with E-state index in [1.54, 1.807) is 0 Å². The lowest BCUT2D eigenvalue weighted by molar-refractivity contribution is 0.274. The summed E-state index contributed by atoms with van der Waals surface area (Å²) < 4.78 is 6.13. The standard InChI is InChI=1S/C18H26N2O/c1-13(2)14-8-9-20(11-14)12-18-16(10-19-3)15-6-4-5-7-17(15)21-18/h4-7,13-14,19H,8-12H2,1-3H3. The average Bonchev–Trinajstić information content (AvgIpc) is 3.06. The molecule has 1 N–H and O–H groups in total. The molecule has 3 nitrogen and oxygen atoms in total. The molecule has 0 spiro atoms. The van der Waals surface area contributed by atoms with Crippen LogP contribution >= 0.6 is 0 Å². The van der Waals surface area contributed by atoms with Crippen LogP contribution in [0.2, 0.25) is 0 Å². The van der Waals surface area contributed by atoms with Gasteiger partial charge in [-0.2, -0.15) is 0 Å². The molecule has 114 valence electrons. The number of fused-ring (bicyclic) bond motifs is 1. The van der Waals surface area contributed by atoms with Crippen LogP contribution in [0.4, 0.5) is 0 Å². The summed E-state index contributed by atoms with van der Waals surface area (Å²) >= 11 is 0. The lowest BCUT2D eigenvalue weighted by atomic mass is 9.95. The lowest BCUT2D eigenvalue weighted by Crippen LogP contribution is -2.22. The first-order valence-corrected chi connectivity index (χ1v) is 8.05. The van der Waals surface area contributed by atoms with E-state index in [-0.39, 0.29) is 0 Å². The van der Waals surface area contributed by atoms with E-state index < -0.39 is 0 Å². The second kappa shape index (κ2) is 6.20. The zero-order chi connectivity index (χ0) is 14.8.